The zero-order chi connectivity index (χ0) is 19.2. The summed E-state index contributed by atoms with van der Waals surface area (Å²) in [7, 11) is -3.40. The van der Waals surface area contributed by atoms with Gasteiger partial charge in [-0.2, -0.15) is 0 Å². The summed E-state index contributed by atoms with van der Waals surface area (Å²) in [6.07, 6.45) is 4.28. The molecule has 1 aromatic rings. The molecule has 26 heavy (non-hydrogen) atoms. The molecule has 0 saturated carbocycles. The molecular formula is C18H26N2O5S. The fourth-order valence-electron chi connectivity index (χ4n) is 2.74. The first-order valence-corrected chi connectivity index (χ1v) is 10.6. The van der Waals surface area contributed by atoms with Crippen LogP contribution in [-0.4, -0.2) is 45.7 Å². The van der Waals surface area contributed by atoms with Crippen LogP contribution in [0.25, 0.3) is 0 Å². The molecule has 1 amide bonds. The van der Waals surface area contributed by atoms with Crippen LogP contribution in [0.2, 0.25) is 0 Å². The summed E-state index contributed by atoms with van der Waals surface area (Å²) in [5, 5.41) is 2.85. The zero-order valence-electron chi connectivity index (χ0n) is 15.3. The maximum absolute atomic E-state index is 12.1. The van der Waals surface area contributed by atoms with Gasteiger partial charge in [-0.05, 0) is 18.6 Å². The number of nitrogens with zero attached hydrogens (tertiary/aromatic N) is 1. The van der Waals surface area contributed by atoms with Gasteiger partial charge in [0.2, 0.25) is 5.91 Å². The standard InChI is InChI=1S/C18H26N2O5S/c1-3-5-6-7-10-19-17(21)12-20-13-18(22)25-16-11-14(8-9-15(16)20)26(23,24)4-2/h8-9,11H,3-7,10,12-13H2,1-2H3,(H,19,21). The Balaban J connectivity index is 2.06. The molecule has 1 aliphatic heterocycles. The number of unbranched alkanes of at least 4 members (excludes halogenated alkanes) is 3. The Morgan fingerprint density at radius 1 is 1.23 bits per heavy atom. The van der Waals surface area contributed by atoms with Crippen molar-refractivity contribution in [1.82, 2.24) is 5.32 Å². The van der Waals surface area contributed by atoms with E-state index in [1.54, 1.807) is 17.9 Å². The molecule has 144 valence electrons. The first-order chi connectivity index (χ1) is 12.4. The van der Waals surface area contributed by atoms with E-state index in [-0.39, 0.29) is 35.4 Å². The highest BCUT2D eigenvalue weighted by Crippen LogP contribution is 2.34. The third-order valence-corrected chi connectivity index (χ3v) is 5.97. The monoisotopic (exact) mass is 382 g/mol. The van der Waals surface area contributed by atoms with Crippen LogP contribution in [0, 0.1) is 0 Å². The normalized spacial score (nSPS) is 13.9. The molecule has 0 spiro atoms. The van der Waals surface area contributed by atoms with E-state index in [0.29, 0.717) is 12.2 Å². The number of amides is 1. The molecule has 0 radical (unpaired) electrons. The number of fused-ring (bicyclic) bond motifs is 1. The maximum Gasteiger partial charge on any atom is 0.331 e. The second-order valence-corrected chi connectivity index (χ2v) is 8.55. The molecule has 0 aliphatic carbocycles. The van der Waals surface area contributed by atoms with E-state index in [2.05, 4.69) is 12.2 Å². The number of carbonyl (C=O) groups excluding carboxylic acids is 2. The number of benzene rings is 1. The highest BCUT2D eigenvalue weighted by molar-refractivity contribution is 7.91. The van der Waals surface area contributed by atoms with Gasteiger partial charge >= 0.3 is 5.97 Å². The first-order valence-electron chi connectivity index (χ1n) is 8.96. The number of nitrogens with one attached hydrogen (secondary N) is 1. The average molecular weight is 382 g/mol. The van der Waals surface area contributed by atoms with Gasteiger partial charge in [-0.15, -0.1) is 0 Å². The SMILES string of the molecule is CCCCCCNC(=O)CN1CC(=O)Oc2cc(S(=O)(=O)CC)ccc21. The number of anilines is 1. The number of sulfone groups is 1. The summed E-state index contributed by atoms with van der Waals surface area (Å²) in [4.78, 5) is 25.7. The fraction of sp³-hybridized carbons (Fsp3) is 0.556. The van der Waals surface area contributed by atoms with Crippen LogP contribution < -0.4 is 15.0 Å². The molecule has 7 nitrogen and oxygen atoms in total. The number of hydrogen-bond acceptors (Lipinski definition) is 6. The summed E-state index contributed by atoms with van der Waals surface area (Å²) in [6.45, 7) is 4.27. The lowest BCUT2D eigenvalue weighted by Gasteiger charge is -2.29. The van der Waals surface area contributed by atoms with Crippen LogP contribution in [0.1, 0.15) is 39.5 Å². The average Bonchev–Trinajstić information content (AvgIpc) is 2.60. The molecule has 0 saturated heterocycles. The minimum absolute atomic E-state index is 0.0236. The highest BCUT2D eigenvalue weighted by Gasteiger charge is 2.27. The summed E-state index contributed by atoms with van der Waals surface area (Å²) in [5.41, 5.74) is 0.542. The van der Waals surface area contributed by atoms with Crippen LogP contribution in [-0.2, 0) is 19.4 Å². The smallest absolute Gasteiger partial charge is 0.331 e. The second kappa shape index (κ2) is 9.02. The van der Waals surface area contributed by atoms with Crippen LogP contribution in [0.4, 0.5) is 5.69 Å². The van der Waals surface area contributed by atoms with Gasteiger partial charge in [0, 0.05) is 12.6 Å². The van der Waals surface area contributed by atoms with Crippen LogP contribution in [0.15, 0.2) is 23.1 Å². The van der Waals surface area contributed by atoms with Gasteiger partial charge in [0.1, 0.15) is 6.54 Å². The highest BCUT2D eigenvalue weighted by atomic mass is 32.2. The van der Waals surface area contributed by atoms with E-state index >= 15 is 0 Å². The predicted molar refractivity (Wildman–Crippen MR) is 99.2 cm³/mol. The lowest BCUT2D eigenvalue weighted by molar-refractivity contribution is -0.133. The van der Waals surface area contributed by atoms with E-state index < -0.39 is 15.8 Å². The summed E-state index contributed by atoms with van der Waals surface area (Å²) >= 11 is 0. The van der Waals surface area contributed by atoms with Crippen molar-refractivity contribution in [2.45, 2.75) is 44.4 Å². The van der Waals surface area contributed by atoms with Crippen molar-refractivity contribution in [3.63, 3.8) is 0 Å². The number of ether oxygens (including phenoxy) is 1. The third kappa shape index (κ3) is 5.20. The zero-order valence-corrected chi connectivity index (χ0v) is 16.1. The molecular weight excluding hydrogens is 356 g/mol. The molecule has 2 rings (SSSR count). The van der Waals surface area contributed by atoms with Crippen molar-refractivity contribution in [1.29, 1.82) is 0 Å². The number of carbonyl (C=O) groups is 2. The van der Waals surface area contributed by atoms with E-state index in [9.17, 15) is 18.0 Å². The first kappa shape index (κ1) is 20.2. The van der Waals surface area contributed by atoms with E-state index in [1.807, 2.05) is 0 Å². The second-order valence-electron chi connectivity index (χ2n) is 6.27. The Bertz CT molecular complexity index is 761. The Hall–Kier alpha value is -2.09. The summed E-state index contributed by atoms with van der Waals surface area (Å²) in [6, 6.07) is 4.41. The Kier molecular flexibility index (Phi) is 7.02. The third-order valence-electron chi connectivity index (χ3n) is 4.24. The Morgan fingerprint density at radius 3 is 2.69 bits per heavy atom. The van der Waals surface area contributed by atoms with Crippen molar-refractivity contribution in [3.8, 4) is 5.75 Å². The van der Waals surface area contributed by atoms with Gasteiger partial charge in [0.25, 0.3) is 0 Å². The molecule has 0 unspecified atom stereocenters. The van der Waals surface area contributed by atoms with Gasteiger partial charge in [0.15, 0.2) is 15.6 Å². The minimum Gasteiger partial charge on any atom is -0.423 e. The van der Waals surface area contributed by atoms with Gasteiger partial charge in [-0.25, -0.2) is 13.2 Å². The van der Waals surface area contributed by atoms with E-state index in [4.69, 9.17) is 4.74 Å². The van der Waals surface area contributed by atoms with Crippen molar-refractivity contribution in [2.75, 3.05) is 30.3 Å². The van der Waals surface area contributed by atoms with Gasteiger partial charge < -0.3 is 15.0 Å². The lowest BCUT2D eigenvalue weighted by atomic mass is 10.2. The minimum atomic E-state index is -3.40. The number of hydrogen-bond donors (Lipinski definition) is 1. The maximum atomic E-state index is 12.1. The largest absolute Gasteiger partial charge is 0.423 e. The van der Waals surface area contributed by atoms with Crippen LogP contribution >= 0.6 is 0 Å². The molecule has 0 fully saturated rings. The molecule has 0 aromatic heterocycles. The van der Waals surface area contributed by atoms with E-state index in [1.165, 1.54) is 12.1 Å². The van der Waals surface area contributed by atoms with Gasteiger partial charge in [-0.1, -0.05) is 33.1 Å². The summed E-state index contributed by atoms with van der Waals surface area (Å²) < 4.78 is 29.2. The molecule has 0 bridgehead atoms. The lowest BCUT2D eigenvalue weighted by Crippen LogP contribution is -2.43. The molecule has 1 aliphatic rings. The number of esters is 1. The molecule has 1 aromatic carbocycles. The number of rotatable bonds is 9. The molecule has 8 heteroatoms. The van der Waals surface area contributed by atoms with Crippen molar-refractivity contribution < 1.29 is 22.7 Å². The Morgan fingerprint density at radius 2 is 2.00 bits per heavy atom. The van der Waals surface area contributed by atoms with Crippen molar-refractivity contribution in [2.24, 2.45) is 0 Å². The van der Waals surface area contributed by atoms with Gasteiger partial charge in [-0.3, -0.25) is 4.79 Å². The Labute approximate surface area is 154 Å². The fourth-order valence-corrected chi connectivity index (χ4v) is 3.64. The van der Waals surface area contributed by atoms with Crippen molar-refractivity contribution in [3.05, 3.63) is 18.2 Å². The molecule has 0 atom stereocenters. The summed E-state index contributed by atoms with van der Waals surface area (Å²) in [5.74, 6) is -0.553. The van der Waals surface area contributed by atoms with Crippen LogP contribution in [0.3, 0.4) is 0 Å². The van der Waals surface area contributed by atoms with E-state index in [0.717, 1.165) is 25.7 Å². The molecule has 1 N–H and O–H groups in total. The van der Waals surface area contributed by atoms with Crippen LogP contribution in [0.5, 0.6) is 5.75 Å². The topological polar surface area (TPSA) is 92.8 Å². The van der Waals surface area contributed by atoms with Crippen molar-refractivity contribution >= 4 is 27.4 Å². The van der Waals surface area contributed by atoms with Gasteiger partial charge in [0.05, 0.1) is 22.9 Å². The predicted octanol–water partition coefficient (Wildman–Crippen LogP) is 1.90. The quantitative estimate of drug-likeness (QED) is 0.398. The molecule has 1 heterocycles.